The van der Waals surface area contributed by atoms with Gasteiger partial charge >= 0.3 is 0 Å². The summed E-state index contributed by atoms with van der Waals surface area (Å²) in [7, 11) is 0. The molecular weight excluding hydrogens is 364 g/mol. The lowest BCUT2D eigenvalue weighted by Crippen LogP contribution is -2.38. The Bertz CT molecular complexity index is 801. The van der Waals surface area contributed by atoms with Gasteiger partial charge in [0.1, 0.15) is 12.4 Å². The van der Waals surface area contributed by atoms with Crippen molar-refractivity contribution in [3.8, 4) is 5.75 Å². The summed E-state index contributed by atoms with van der Waals surface area (Å²) in [5, 5.41) is 3.17. The molecule has 0 bridgehead atoms. The fourth-order valence-electron chi connectivity index (χ4n) is 3.19. The maximum Gasteiger partial charge on any atom is 0.193 e. The van der Waals surface area contributed by atoms with Crippen LogP contribution in [0.15, 0.2) is 53.5 Å². The highest BCUT2D eigenvalue weighted by molar-refractivity contribution is 5.92. The number of guanidine groups is 1. The Kier molecular flexibility index (Phi) is 7.90. The molecule has 3 N–H and O–H groups in total. The van der Waals surface area contributed by atoms with E-state index in [1.165, 1.54) is 5.56 Å². The summed E-state index contributed by atoms with van der Waals surface area (Å²) in [6, 6.07) is 16.3. The summed E-state index contributed by atoms with van der Waals surface area (Å²) in [4.78, 5) is 6.82. The van der Waals surface area contributed by atoms with E-state index in [-0.39, 0.29) is 0 Å². The first-order chi connectivity index (χ1) is 14.1. The Morgan fingerprint density at radius 2 is 1.97 bits per heavy atom. The number of morpholine rings is 1. The van der Waals surface area contributed by atoms with Gasteiger partial charge in [0.05, 0.1) is 19.8 Å². The minimum Gasteiger partial charge on any atom is -0.492 e. The second-order valence-electron chi connectivity index (χ2n) is 7.56. The topological polar surface area (TPSA) is 72.1 Å². The molecule has 6 heteroatoms. The predicted molar refractivity (Wildman–Crippen MR) is 119 cm³/mol. The number of rotatable bonds is 8. The van der Waals surface area contributed by atoms with Crippen molar-refractivity contribution in [1.82, 2.24) is 4.90 Å². The van der Waals surface area contributed by atoms with Crippen molar-refractivity contribution in [2.75, 3.05) is 44.8 Å². The molecule has 0 amide bonds. The summed E-state index contributed by atoms with van der Waals surface area (Å²) in [6.45, 7) is 10.0. The van der Waals surface area contributed by atoms with Gasteiger partial charge in [0, 0.05) is 25.3 Å². The summed E-state index contributed by atoms with van der Waals surface area (Å²) < 4.78 is 11.3. The lowest BCUT2D eigenvalue weighted by molar-refractivity contribution is 0.0322. The number of nitrogens with two attached hydrogens (primary N) is 1. The molecule has 0 aliphatic carbocycles. The zero-order valence-corrected chi connectivity index (χ0v) is 17.4. The van der Waals surface area contributed by atoms with Crippen LogP contribution in [0.25, 0.3) is 0 Å². The molecule has 0 aromatic heterocycles. The van der Waals surface area contributed by atoms with Crippen molar-refractivity contribution < 1.29 is 9.47 Å². The van der Waals surface area contributed by atoms with Crippen LogP contribution in [0.4, 0.5) is 5.69 Å². The zero-order valence-electron chi connectivity index (χ0n) is 17.4. The van der Waals surface area contributed by atoms with Crippen LogP contribution in [0.5, 0.6) is 5.75 Å². The molecule has 3 rings (SSSR count). The molecule has 0 saturated carbocycles. The molecule has 6 nitrogen and oxygen atoms in total. The highest BCUT2D eigenvalue weighted by Gasteiger charge is 2.09. The summed E-state index contributed by atoms with van der Waals surface area (Å²) in [5.41, 5.74) is 9.36. The Morgan fingerprint density at radius 1 is 1.17 bits per heavy atom. The Morgan fingerprint density at radius 3 is 2.76 bits per heavy atom. The Balaban J connectivity index is 1.49. The average molecular weight is 397 g/mol. The van der Waals surface area contributed by atoms with Gasteiger partial charge in [0.25, 0.3) is 0 Å². The molecule has 2 aromatic carbocycles. The van der Waals surface area contributed by atoms with Crippen molar-refractivity contribution in [3.63, 3.8) is 0 Å². The monoisotopic (exact) mass is 396 g/mol. The molecule has 2 aromatic rings. The van der Waals surface area contributed by atoms with Gasteiger partial charge in [-0.1, -0.05) is 38.1 Å². The minimum atomic E-state index is 0.407. The summed E-state index contributed by atoms with van der Waals surface area (Å²) >= 11 is 0. The number of nitrogens with zero attached hydrogens (tertiary/aromatic N) is 2. The summed E-state index contributed by atoms with van der Waals surface area (Å²) in [6.07, 6.45) is 0. The van der Waals surface area contributed by atoms with Crippen molar-refractivity contribution in [1.29, 1.82) is 0 Å². The van der Waals surface area contributed by atoms with E-state index in [0.717, 1.165) is 49.8 Å². The second kappa shape index (κ2) is 10.8. The van der Waals surface area contributed by atoms with Gasteiger partial charge in [-0.25, -0.2) is 4.99 Å². The van der Waals surface area contributed by atoms with Gasteiger partial charge in [0.2, 0.25) is 0 Å². The molecule has 1 heterocycles. The SMILES string of the molecule is CC(C)c1cccc(NC(N)=NCc2cccc(OCCN3CCOCC3)c2)c1. The van der Waals surface area contributed by atoms with E-state index in [9.17, 15) is 0 Å². The van der Waals surface area contributed by atoms with Crippen LogP contribution in [0.3, 0.4) is 0 Å². The van der Waals surface area contributed by atoms with Crippen LogP contribution < -0.4 is 15.8 Å². The highest BCUT2D eigenvalue weighted by atomic mass is 16.5. The zero-order chi connectivity index (χ0) is 20.5. The molecule has 0 atom stereocenters. The molecule has 1 saturated heterocycles. The van der Waals surface area contributed by atoms with E-state index in [0.29, 0.717) is 25.0 Å². The fraction of sp³-hybridized carbons (Fsp3) is 0.435. The van der Waals surface area contributed by atoms with Gasteiger partial charge in [-0.3, -0.25) is 4.90 Å². The largest absolute Gasteiger partial charge is 0.492 e. The van der Waals surface area contributed by atoms with Crippen molar-refractivity contribution in [3.05, 3.63) is 59.7 Å². The number of aliphatic imine (C=N–C) groups is 1. The third-order valence-electron chi connectivity index (χ3n) is 4.94. The van der Waals surface area contributed by atoms with E-state index in [1.807, 2.05) is 36.4 Å². The van der Waals surface area contributed by atoms with E-state index >= 15 is 0 Å². The fourth-order valence-corrected chi connectivity index (χ4v) is 3.19. The smallest absolute Gasteiger partial charge is 0.193 e. The Hall–Kier alpha value is -2.57. The molecule has 1 aliphatic heterocycles. The molecule has 156 valence electrons. The standard InChI is InChI=1S/C23H32N4O2/c1-18(2)20-6-4-7-21(16-20)26-23(24)25-17-19-5-3-8-22(15-19)29-14-11-27-9-12-28-13-10-27/h3-8,15-16,18H,9-14,17H2,1-2H3,(H3,24,25,26). The number of benzene rings is 2. The maximum atomic E-state index is 6.07. The number of nitrogens with one attached hydrogen (secondary N) is 1. The molecule has 29 heavy (non-hydrogen) atoms. The van der Waals surface area contributed by atoms with Crippen molar-refractivity contribution >= 4 is 11.6 Å². The van der Waals surface area contributed by atoms with E-state index in [1.54, 1.807) is 0 Å². The molecule has 0 unspecified atom stereocenters. The lowest BCUT2D eigenvalue weighted by atomic mass is 10.0. The first kappa shape index (κ1) is 21.1. The predicted octanol–water partition coefficient (Wildman–Crippen LogP) is 3.45. The van der Waals surface area contributed by atoms with Crippen LogP contribution in [0.2, 0.25) is 0 Å². The molecule has 0 spiro atoms. The van der Waals surface area contributed by atoms with Gasteiger partial charge in [0.15, 0.2) is 5.96 Å². The third-order valence-corrected chi connectivity index (χ3v) is 4.94. The van der Waals surface area contributed by atoms with Crippen LogP contribution in [0, 0.1) is 0 Å². The van der Waals surface area contributed by atoms with Crippen molar-refractivity contribution in [2.45, 2.75) is 26.3 Å². The van der Waals surface area contributed by atoms with Gasteiger partial charge in [-0.15, -0.1) is 0 Å². The van der Waals surface area contributed by atoms with Crippen LogP contribution >= 0.6 is 0 Å². The van der Waals surface area contributed by atoms with Gasteiger partial charge in [-0.2, -0.15) is 0 Å². The quantitative estimate of drug-likeness (QED) is 0.528. The number of hydrogen-bond acceptors (Lipinski definition) is 4. The van der Waals surface area contributed by atoms with Crippen LogP contribution in [-0.4, -0.2) is 50.3 Å². The maximum absolute atomic E-state index is 6.07. The highest BCUT2D eigenvalue weighted by Crippen LogP contribution is 2.18. The molecule has 1 aliphatic rings. The Labute approximate surface area is 173 Å². The van der Waals surface area contributed by atoms with E-state index in [2.05, 4.69) is 41.2 Å². The minimum absolute atomic E-state index is 0.407. The number of hydrogen-bond donors (Lipinski definition) is 2. The van der Waals surface area contributed by atoms with E-state index in [4.69, 9.17) is 15.2 Å². The number of anilines is 1. The van der Waals surface area contributed by atoms with Crippen molar-refractivity contribution in [2.24, 2.45) is 10.7 Å². The van der Waals surface area contributed by atoms with Gasteiger partial charge < -0.3 is 20.5 Å². The summed E-state index contributed by atoms with van der Waals surface area (Å²) in [5.74, 6) is 1.74. The number of ether oxygens (including phenoxy) is 2. The van der Waals surface area contributed by atoms with Gasteiger partial charge in [-0.05, 0) is 41.3 Å². The second-order valence-corrected chi connectivity index (χ2v) is 7.56. The molecular formula is C23H32N4O2. The molecule has 1 fully saturated rings. The third kappa shape index (κ3) is 7.07. The van der Waals surface area contributed by atoms with Crippen LogP contribution in [0.1, 0.15) is 30.9 Å². The normalized spacial score (nSPS) is 15.5. The first-order valence-corrected chi connectivity index (χ1v) is 10.3. The molecule has 0 radical (unpaired) electrons. The van der Waals surface area contributed by atoms with E-state index < -0.39 is 0 Å². The first-order valence-electron chi connectivity index (χ1n) is 10.3. The average Bonchev–Trinajstić information content (AvgIpc) is 2.73. The lowest BCUT2D eigenvalue weighted by Gasteiger charge is -2.26. The van der Waals surface area contributed by atoms with Crippen LogP contribution in [-0.2, 0) is 11.3 Å².